The Morgan fingerprint density at radius 2 is 0.849 bits per heavy atom. The van der Waals surface area contributed by atoms with Gasteiger partial charge in [0, 0.05) is 52.4 Å². The van der Waals surface area contributed by atoms with Crippen LogP contribution in [-0.2, 0) is 33.1 Å². The predicted molar refractivity (Wildman–Crippen MR) is 211 cm³/mol. The third-order valence-corrected chi connectivity index (χ3v) is 13.1. The zero-order chi connectivity index (χ0) is 38.4. The van der Waals surface area contributed by atoms with Gasteiger partial charge in [0.05, 0.1) is 22.0 Å². The largest absolute Gasteiger partial charge is 0.390 e. The minimum atomic E-state index is -3.78. The highest BCUT2D eigenvalue weighted by Crippen LogP contribution is 2.19. The van der Waals surface area contributed by atoms with Crippen molar-refractivity contribution in [3.8, 4) is 0 Å². The number of hydrogen-bond donors (Lipinski definition) is 2. The SMILES string of the molecule is CCN(C[C@@H](O)CN(CCCN(Cc1ccccc1)C[C@H](O)CN(CC)S(=O)(=O)c1ccc(C)cc1)Cc1ccccc1)S(=O)(=O)c1ccc(C)cc1. The van der Waals surface area contributed by atoms with Crippen LogP contribution in [0.4, 0.5) is 0 Å². The van der Waals surface area contributed by atoms with Crippen molar-refractivity contribution in [1.29, 1.82) is 0 Å². The van der Waals surface area contributed by atoms with Gasteiger partial charge in [0.15, 0.2) is 0 Å². The van der Waals surface area contributed by atoms with E-state index in [2.05, 4.69) is 9.80 Å². The number of likely N-dealkylation sites (N-methyl/N-ethyl adjacent to an activating group) is 2. The number of benzene rings is 4. The molecule has 2 atom stereocenters. The van der Waals surface area contributed by atoms with E-state index in [1.807, 2.05) is 74.5 Å². The van der Waals surface area contributed by atoms with Gasteiger partial charge >= 0.3 is 0 Å². The van der Waals surface area contributed by atoms with Crippen molar-refractivity contribution in [3.63, 3.8) is 0 Å². The fourth-order valence-corrected chi connectivity index (χ4v) is 9.34. The first-order valence-corrected chi connectivity index (χ1v) is 21.2. The molecule has 0 saturated heterocycles. The van der Waals surface area contributed by atoms with Crippen molar-refractivity contribution in [2.24, 2.45) is 0 Å². The van der Waals surface area contributed by atoms with E-state index in [1.54, 1.807) is 62.4 Å². The molecular formula is C41H56N4O6S2. The summed E-state index contributed by atoms with van der Waals surface area (Å²) in [5.41, 5.74) is 4.08. The van der Waals surface area contributed by atoms with E-state index >= 15 is 0 Å². The van der Waals surface area contributed by atoms with E-state index in [4.69, 9.17) is 0 Å². The normalized spacial score (nSPS) is 13.6. The fourth-order valence-electron chi connectivity index (χ4n) is 6.37. The lowest BCUT2D eigenvalue weighted by Crippen LogP contribution is -2.44. The smallest absolute Gasteiger partial charge is 0.243 e. The van der Waals surface area contributed by atoms with Crippen LogP contribution in [0.1, 0.15) is 42.5 Å². The van der Waals surface area contributed by atoms with Crippen LogP contribution in [0.25, 0.3) is 0 Å². The van der Waals surface area contributed by atoms with Gasteiger partial charge in [0.2, 0.25) is 20.0 Å². The third kappa shape index (κ3) is 12.8. The molecule has 53 heavy (non-hydrogen) atoms. The van der Waals surface area contributed by atoms with Gasteiger partial charge in [-0.15, -0.1) is 0 Å². The van der Waals surface area contributed by atoms with Gasteiger partial charge in [-0.2, -0.15) is 8.61 Å². The molecule has 2 N–H and O–H groups in total. The molecule has 0 aromatic heterocycles. The second-order valence-electron chi connectivity index (χ2n) is 13.6. The van der Waals surface area contributed by atoms with Crippen LogP contribution >= 0.6 is 0 Å². The Morgan fingerprint density at radius 1 is 0.509 bits per heavy atom. The first-order valence-electron chi connectivity index (χ1n) is 18.3. The van der Waals surface area contributed by atoms with E-state index in [-0.39, 0.29) is 49.1 Å². The summed E-state index contributed by atoms with van der Waals surface area (Å²) in [4.78, 5) is 4.68. The Hall–Kier alpha value is -3.46. The molecule has 4 rings (SSSR count). The second-order valence-corrected chi connectivity index (χ2v) is 17.5. The summed E-state index contributed by atoms with van der Waals surface area (Å²) in [6.07, 6.45) is -1.18. The number of aryl methyl sites for hydroxylation is 2. The molecule has 0 radical (unpaired) electrons. The van der Waals surface area contributed by atoms with Gasteiger partial charge < -0.3 is 10.2 Å². The highest BCUT2D eigenvalue weighted by atomic mass is 32.2. The van der Waals surface area contributed by atoms with Gasteiger partial charge in [-0.05, 0) is 68.8 Å². The van der Waals surface area contributed by atoms with Crippen LogP contribution in [0.5, 0.6) is 0 Å². The molecule has 4 aromatic carbocycles. The lowest BCUT2D eigenvalue weighted by Gasteiger charge is -2.31. The molecule has 10 nitrogen and oxygen atoms in total. The van der Waals surface area contributed by atoms with Crippen LogP contribution in [0.15, 0.2) is 119 Å². The Balaban J connectivity index is 1.44. The topological polar surface area (TPSA) is 122 Å². The Morgan fingerprint density at radius 3 is 1.17 bits per heavy atom. The summed E-state index contributed by atoms with van der Waals surface area (Å²) in [5.74, 6) is 0. The fraction of sp³-hybridized carbons (Fsp3) is 0.415. The average Bonchev–Trinajstić information content (AvgIpc) is 3.13. The minimum absolute atomic E-state index is 0.0379. The van der Waals surface area contributed by atoms with E-state index < -0.39 is 32.3 Å². The van der Waals surface area contributed by atoms with Crippen molar-refractivity contribution in [2.45, 2.75) is 69.2 Å². The highest BCUT2D eigenvalue weighted by Gasteiger charge is 2.28. The molecule has 0 spiro atoms. The van der Waals surface area contributed by atoms with Gasteiger partial charge in [-0.25, -0.2) is 16.8 Å². The van der Waals surface area contributed by atoms with Crippen molar-refractivity contribution in [1.82, 2.24) is 18.4 Å². The maximum Gasteiger partial charge on any atom is 0.243 e. The molecule has 0 bridgehead atoms. The molecule has 288 valence electrons. The van der Waals surface area contributed by atoms with Gasteiger partial charge in [-0.1, -0.05) is 110 Å². The van der Waals surface area contributed by atoms with Crippen molar-refractivity contribution < 1.29 is 27.0 Å². The maximum absolute atomic E-state index is 13.4. The molecule has 0 amide bonds. The lowest BCUT2D eigenvalue weighted by molar-refractivity contribution is 0.0787. The molecule has 0 fully saturated rings. The van der Waals surface area contributed by atoms with Crippen LogP contribution in [0.2, 0.25) is 0 Å². The van der Waals surface area contributed by atoms with E-state index in [1.165, 1.54) is 8.61 Å². The quantitative estimate of drug-likeness (QED) is 0.113. The molecule has 4 aromatic rings. The Bertz CT molecular complexity index is 1740. The van der Waals surface area contributed by atoms with Crippen molar-refractivity contribution >= 4 is 20.0 Å². The first-order chi connectivity index (χ1) is 25.3. The summed E-state index contributed by atoms with van der Waals surface area (Å²) in [5, 5.41) is 22.6. The van der Waals surface area contributed by atoms with Gasteiger partial charge in [-0.3, -0.25) is 9.80 Å². The average molecular weight is 765 g/mol. The number of hydrogen-bond acceptors (Lipinski definition) is 8. The summed E-state index contributed by atoms with van der Waals surface area (Å²) in [6.45, 7) is 10.6. The predicted octanol–water partition coefficient (Wildman–Crippen LogP) is 5.14. The number of aliphatic hydroxyl groups excluding tert-OH is 2. The summed E-state index contributed by atoms with van der Waals surface area (Å²) in [6, 6.07) is 33.4. The molecule has 0 saturated carbocycles. The third-order valence-electron chi connectivity index (χ3n) is 9.24. The van der Waals surface area contributed by atoms with Crippen molar-refractivity contribution in [2.75, 3.05) is 52.4 Å². The monoisotopic (exact) mass is 764 g/mol. The van der Waals surface area contributed by atoms with E-state index in [0.717, 1.165) is 22.3 Å². The molecule has 0 unspecified atom stereocenters. The lowest BCUT2D eigenvalue weighted by atomic mass is 10.1. The summed E-state index contributed by atoms with van der Waals surface area (Å²) < 4.78 is 56.4. The van der Waals surface area contributed by atoms with Crippen LogP contribution in [0, 0.1) is 13.8 Å². The Kier molecular flexibility index (Phi) is 16.2. The number of aliphatic hydroxyl groups is 2. The summed E-state index contributed by atoms with van der Waals surface area (Å²) in [7, 11) is -7.56. The second kappa shape index (κ2) is 20.3. The van der Waals surface area contributed by atoms with Gasteiger partial charge in [0.1, 0.15) is 0 Å². The number of sulfonamides is 2. The molecule has 12 heteroatoms. The molecule has 0 aliphatic rings. The van der Waals surface area contributed by atoms with Crippen LogP contribution in [-0.4, -0.2) is 110 Å². The molecule has 0 aliphatic carbocycles. The summed E-state index contributed by atoms with van der Waals surface area (Å²) >= 11 is 0. The number of nitrogens with zero attached hydrogens (tertiary/aromatic N) is 4. The van der Waals surface area contributed by atoms with Crippen molar-refractivity contribution in [3.05, 3.63) is 131 Å². The van der Waals surface area contributed by atoms with Crippen LogP contribution < -0.4 is 0 Å². The Labute approximate surface area is 317 Å². The zero-order valence-electron chi connectivity index (χ0n) is 31.5. The number of rotatable bonds is 22. The minimum Gasteiger partial charge on any atom is -0.390 e. The van der Waals surface area contributed by atoms with E-state index in [9.17, 15) is 27.0 Å². The molecule has 0 aliphatic heterocycles. The zero-order valence-corrected chi connectivity index (χ0v) is 33.1. The highest BCUT2D eigenvalue weighted by molar-refractivity contribution is 7.89. The van der Waals surface area contributed by atoms with Crippen LogP contribution in [0.3, 0.4) is 0 Å². The maximum atomic E-state index is 13.4. The molecule has 0 heterocycles. The standard InChI is InChI=1S/C41H56N4O6S2/c1-5-44(52(48,49)40-22-18-34(3)19-23-40)32-38(46)30-42(28-36-14-9-7-10-15-36)26-13-27-43(29-37-16-11-8-12-17-37)31-39(47)33-45(6-2)53(50,51)41-24-20-35(4)21-25-41/h7-12,14-25,38-39,46-47H,5-6,13,26-33H2,1-4H3/t38-,39-/m0/s1. The van der Waals surface area contributed by atoms with Gasteiger partial charge in [0.25, 0.3) is 0 Å². The first kappa shape index (κ1) is 42.3. The van der Waals surface area contributed by atoms with E-state index in [0.29, 0.717) is 32.6 Å². The molecular weight excluding hydrogens is 709 g/mol.